The molecule has 0 bridgehead atoms. The second-order valence-electron chi connectivity index (χ2n) is 4.09. The van der Waals surface area contributed by atoms with Crippen LogP contribution < -0.4 is 4.90 Å². The minimum atomic E-state index is -0.0295. The predicted molar refractivity (Wildman–Crippen MR) is 70.7 cm³/mol. The van der Waals surface area contributed by atoms with Crippen LogP contribution in [0.25, 0.3) is 0 Å². The number of benzene rings is 1. The van der Waals surface area contributed by atoms with E-state index in [9.17, 15) is 4.79 Å². The van der Waals surface area contributed by atoms with Crippen molar-refractivity contribution in [3.8, 4) is 0 Å². The first-order chi connectivity index (χ1) is 8.22. The summed E-state index contributed by atoms with van der Waals surface area (Å²) in [5, 5.41) is 0. The van der Waals surface area contributed by atoms with Crippen LogP contribution in [0.4, 0.5) is 5.69 Å². The molecule has 0 aromatic heterocycles. The van der Waals surface area contributed by atoms with Crippen LogP contribution in [0.2, 0.25) is 0 Å². The highest BCUT2D eigenvalue weighted by atomic mass is 16.5. The molecule has 0 aliphatic carbocycles. The maximum Gasteiger partial charge on any atom is 0.127 e. The lowest BCUT2D eigenvalue weighted by atomic mass is 10.0. The molecule has 0 aliphatic rings. The number of aldehydes is 1. The Morgan fingerprint density at radius 1 is 1.35 bits per heavy atom. The van der Waals surface area contributed by atoms with Gasteiger partial charge in [-0.1, -0.05) is 19.1 Å². The van der Waals surface area contributed by atoms with Gasteiger partial charge in [-0.2, -0.15) is 0 Å². The Bertz CT molecular complexity index is 335. The van der Waals surface area contributed by atoms with Gasteiger partial charge < -0.3 is 14.4 Å². The maximum absolute atomic E-state index is 10.7. The van der Waals surface area contributed by atoms with Crippen LogP contribution in [0.1, 0.15) is 25.3 Å². The molecule has 0 spiro atoms. The number of hydrogen-bond donors (Lipinski definition) is 0. The van der Waals surface area contributed by atoms with Gasteiger partial charge in [0, 0.05) is 31.8 Å². The van der Waals surface area contributed by atoms with E-state index in [-0.39, 0.29) is 5.92 Å². The molecule has 0 saturated heterocycles. The van der Waals surface area contributed by atoms with E-state index in [1.54, 1.807) is 7.11 Å². The van der Waals surface area contributed by atoms with Gasteiger partial charge in [0.25, 0.3) is 0 Å². The summed E-state index contributed by atoms with van der Waals surface area (Å²) in [7, 11) is 1.71. The largest absolute Gasteiger partial charge is 0.383 e. The lowest BCUT2D eigenvalue weighted by Crippen LogP contribution is -2.26. The van der Waals surface area contributed by atoms with Crippen LogP contribution in [-0.2, 0) is 9.53 Å². The minimum absolute atomic E-state index is 0.0295. The zero-order chi connectivity index (χ0) is 12.7. The molecule has 0 aliphatic heterocycles. The van der Waals surface area contributed by atoms with Gasteiger partial charge in [-0.3, -0.25) is 0 Å². The van der Waals surface area contributed by atoms with Crippen molar-refractivity contribution in [2.45, 2.75) is 19.8 Å². The van der Waals surface area contributed by atoms with Crippen molar-refractivity contribution in [2.24, 2.45) is 0 Å². The molecular weight excluding hydrogens is 214 g/mol. The zero-order valence-corrected chi connectivity index (χ0v) is 10.8. The van der Waals surface area contributed by atoms with Gasteiger partial charge >= 0.3 is 0 Å². The third kappa shape index (κ3) is 3.86. The van der Waals surface area contributed by atoms with Crippen LogP contribution in [0, 0.1) is 0 Å². The fourth-order valence-corrected chi connectivity index (χ4v) is 1.74. The summed E-state index contributed by atoms with van der Waals surface area (Å²) in [6, 6.07) is 8.16. The van der Waals surface area contributed by atoms with E-state index in [2.05, 4.69) is 24.0 Å². The molecular formula is C14H21NO2. The number of methoxy groups -OCH3 is 1. The van der Waals surface area contributed by atoms with E-state index in [0.29, 0.717) is 0 Å². The average Bonchev–Trinajstić information content (AvgIpc) is 2.39. The monoisotopic (exact) mass is 235 g/mol. The molecule has 1 rings (SSSR count). The quantitative estimate of drug-likeness (QED) is 0.680. The van der Waals surface area contributed by atoms with Crippen molar-refractivity contribution < 1.29 is 9.53 Å². The number of carbonyl (C=O) groups excluding carboxylic acids is 1. The molecule has 3 heteroatoms. The topological polar surface area (TPSA) is 29.5 Å². The van der Waals surface area contributed by atoms with E-state index in [4.69, 9.17) is 4.74 Å². The standard InChI is InChI=1S/C14H21NO2/c1-4-15(9-10-17-3)14-7-5-13(6-8-14)12(2)11-16/h5-8,11-12H,4,9-10H2,1-3H3. The lowest BCUT2D eigenvalue weighted by molar-refractivity contribution is -0.108. The first kappa shape index (κ1) is 13.7. The van der Waals surface area contributed by atoms with Crippen molar-refractivity contribution in [1.82, 2.24) is 0 Å². The summed E-state index contributed by atoms with van der Waals surface area (Å²) < 4.78 is 5.09. The number of nitrogens with zero attached hydrogens (tertiary/aromatic N) is 1. The highest BCUT2D eigenvalue weighted by Crippen LogP contribution is 2.19. The molecule has 0 fully saturated rings. The summed E-state index contributed by atoms with van der Waals surface area (Å²) in [5.41, 5.74) is 2.23. The predicted octanol–water partition coefficient (Wildman–Crippen LogP) is 2.46. The first-order valence-electron chi connectivity index (χ1n) is 6.02. The smallest absolute Gasteiger partial charge is 0.127 e. The normalized spacial score (nSPS) is 12.2. The SMILES string of the molecule is CCN(CCOC)c1ccc(C(C)C=O)cc1. The maximum atomic E-state index is 10.7. The molecule has 94 valence electrons. The summed E-state index contributed by atoms with van der Waals surface area (Å²) in [6.07, 6.45) is 0.970. The summed E-state index contributed by atoms with van der Waals surface area (Å²) in [4.78, 5) is 12.9. The first-order valence-corrected chi connectivity index (χ1v) is 6.02. The molecule has 1 aromatic rings. The van der Waals surface area contributed by atoms with Crippen molar-refractivity contribution in [3.05, 3.63) is 29.8 Å². The third-order valence-corrected chi connectivity index (χ3v) is 2.94. The Kier molecular flexibility index (Phi) is 5.70. The van der Waals surface area contributed by atoms with Crippen molar-refractivity contribution >= 4 is 12.0 Å². The molecule has 3 nitrogen and oxygen atoms in total. The van der Waals surface area contributed by atoms with Gasteiger partial charge in [-0.15, -0.1) is 0 Å². The second-order valence-corrected chi connectivity index (χ2v) is 4.09. The van der Waals surface area contributed by atoms with E-state index in [1.807, 2.05) is 19.1 Å². The third-order valence-electron chi connectivity index (χ3n) is 2.94. The highest BCUT2D eigenvalue weighted by Gasteiger charge is 2.06. The van der Waals surface area contributed by atoms with Gasteiger partial charge in [0.05, 0.1) is 6.61 Å². The highest BCUT2D eigenvalue weighted by molar-refractivity contribution is 5.62. The molecule has 0 amide bonds. The fraction of sp³-hybridized carbons (Fsp3) is 0.500. The number of hydrogen-bond acceptors (Lipinski definition) is 3. The van der Waals surface area contributed by atoms with Crippen LogP contribution >= 0.6 is 0 Å². The average molecular weight is 235 g/mol. The summed E-state index contributed by atoms with van der Waals surface area (Å²) >= 11 is 0. The van der Waals surface area contributed by atoms with Gasteiger partial charge in [0.1, 0.15) is 6.29 Å². The van der Waals surface area contributed by atoms with Crippen LogP contribution in [-0.4, -0.2) is 33.1 Å². The van der Waals surface area contributed by atoms with E-state index < -0.39 is 0 Å². The van der Waals surface area contributed by atoms with Gasteiger partial charge in [-0.25, -0.2) is 0 Å². The van der Waals surface area contributed by atoms with E-state index in [1.165, 1.54) is 5.69 Å². The number of carbonyl (C=O) groups is 1. The second kappa shape index (κ2) is 7.07. The molecule has 1 atom stereocenters. The Morgan fingerprint density at radius 3 is 2.47 bits per heavy atom. The van der Waals surface area contributed by atoms with Crippen LogP contribution in [0.15, 0.2) is 24.3 Å². The Labute approximate surface area is 103 Å². The Balaban J connectivity index is 2.73. The lowest BCUT2D eigenvalue weighted by Gasteiger charge is -2.23. The summed E-state index contributed by atoms with van der Waals surface area (Å²) in [5.74, 6) is -0.0295. The summed E-state index contributed by atoms with van der Waals surface area (Å²) in [6.45, 7) is 6.59. The van der Waals surface area contributed by atoms with Gasteiger partial charge in [-0.05, 0) is 24.6 Å². The molecule has 17 heavy (non-hydrogen) atoms. The van der Waals surface area contributed by atoms with E-state index >= 15 is 0 Å². The van der Waals surface area contributed by atoms with Crippen molar-refractivity contribution in [3.63, 3.8) is 0 Å². The number of anilines is 1. The van der Waals surface area contributed by atoms with Crippen molar-refractivity contribution in [2.75, 3.05) is 31.7 Å². The van der Waals surface area contributed by atoms with Crippen LogP contribution in [0.5, 0.6) is 0 Å². The van der Waals surface area contributed by atoms with Crippen molar-refractivity contribution in [1.29, 1.82) is 0 Å². The van der Waals surface area contributed by atoms with Gasteiger partial charge in [0.2, 0.25) is 0 Å². The molecule has 1 unspecified atom stereocenters. The zero-order valence-electron chi connectivity index (χ0n) is 10.8. The van der Waals surface area contributed by atoms with Crippen LogP contribution in [0.3, 0.4) is 0 Å². The van der Waals surface area contributed by atoms with Gasteiger partial charge in [0.15, 0.2) is 0 Å². The Morgan fingerprint density at radius 2 is 2.00 bits per heavy atom. The molecule has 0 N–H and O–H groups in total. The number of likely N-dealkylation sites (N-methyl/N-ethyl adjacent to an activating group) is 1. The molecule has 0 saturated carbocycles. The number of ether oxygens (including phenoxy) is 1. The number of rotatable bonds is 7. The molecule has 0 radical (unpaired) electrons. The fourth-order valence-electron chi connectivity index (χ4n) is 1.74. The molecule has 0 heterocycles. The molecule has 1 aromatic carbocycles. The minimum Gasteiger partial charge on any atom is -0.383 e. The Hall–Kier alpha value is -1.35. The van der Waals surface area contributed by atoms with E-state index in [0.717, 1.165) is 31.5 Å².